The van der Waals surface area contributed by atoms with Crippen molar-refractivity contribution >= 4 is 33.8 Å². The zero-order valence-corrected chi connectivity index (χ0v) is 20.0. The van der Waals surface area contributed by atoms with E-state index in [2.05, 4.69) is 78.3 Å². The van der Waals surface area contributed by atoms with E-state index in [-0.39, 0.29) is 0 Å². The molecule has 0 saturated carbocycles. The van der Waals surface area contributed by atoms with Crippen molar-refractivity contribution in [3.05, 3.63) is 67.3 Å². The monoisotopic (exact) mass is 465 g/mol. The molecule has 2 aliphatic heterocycles. The van der Waals surface area contributed by atoms with Crippen LogP contribution < -0.4 is 15.1 Å². The lowest BCUT2D eigenvalue weighted by atomic mass is 10.0. The summed E-state index contributed by atoms with van der Waals surface area (Å²) in [5.41, 5.74) is 6.87. The Morgan fingerprint density at radius 2 is 1.63 bits per heavy atom. The second-order valence-electron chi connectivity index (χ2n) is 9.51. The molecule has 4 aromatic rings. The number of nitrogens with one attached hydrogen (secondary N) is 2. The highest BCUT2D eigenvalue weighted by Crippen LogP contribution is 2.31. The summed E-state index contributed by atoms with van der Waals surface area (Å²) in [5, 5.41) is 12.1. The van der Waals surface area contributed by atoms with E-state index in [9.17, 15) is 0 Å². The molecule has 0 bridgehead atoms. The molecule has 0 aliphatic carbocycles. The molecule has 2 saturated heterocycles. The van der Waals surface area contributed by atoms with Crippen LogP contribution in [0.5, 0.6) is 0 Å². The lowest BCUT2D eigenvalue weighted by molar-refractivity contribution is 0.577. The van der Waals surface area contributed by atoms with Gasteiger partial charge in [0.05, 0.1) is 35.0 Å². The van der Waals surface area contributed by atoms with Crippen LogP contribution in [-0.4, -0.2) is 46.3 Å². The number of hydrogen-bond donors (Lipinski definition) is 2. The number of nitrogens with zero attached hydrogens (tertiary/aromatic N) is 5. The second-order valence-corrected chi connectivity index (χ2v) is 9.51. The first kappa shape index (κ1) is 21.6. The summed E-state index contributed by atoms with van der Waals surface area (Å²) in [4.78, 5) is 14.0. The van der Waals surface area contributed by atoms with Gasteiger partial charge in [-0.2, -0.15) is 5.10 Å². The number of benzene rings is 1. The molecule has 5 heterocycles. The number of aromatic amines is 1. The largest absolute Gasteiger partial charge is 0.370 e. The number of hydrogen-bond acceptors (Lipinski definition) is 6. The fraction of sp³-hybridized carbons (Fsp3) is 0.321. The zero-order chi connectivity index (χ0) is 23.6. The van der Waals surface area contributed by atoms with Crippen molar-refractivity contribution in [2.75, 3.05) is 41.3 Å². The van der Waals surface area contributed by atoms with Gasteiger partial charge in [0.25, 0.3) is 0 Å². The molecule has 0 radical (unpaired) electrons. The van der Waals surface area contributed by atoms with Gasteiger partial charge in [0.2, 0.25) is 0 Å². The molecule has 0 spiro atoms. The summed E-state index contributed by atoms with van der Waals surface area (Å²) < 4.78 is 0. The van der Waals surface area contributed by atoms with Crippen molar-refractivity contribution in [1.82, 2.24) is 20.2 Å². The van der Waals surface area contributed by atoms with Gasteiger partial charge in [0.15, 0.2) is 0 Å². The molecule has 7 heteroatoms. The third kappa shape index (κ3) is 4.46. The molecule has 178 valence electrons. The molecule has 3 aromatic heterocycles. The number of fused-ring (bicyclic) bond motifs is 1. The Morgan fingerprint density at radius 3 is 2.43 bits per heavy atom. The summed E-state index contributed by atoms with van der Waals surface area (Å²) in [6.45, 7) is 8.66. The number of piperidine rings is 1. The molecule has 2 fully saturated rings. The average Bonchev–Trinajstić information content (AvgIpc) is 3.60. The lowest BCUT2D eigenvalue weighted by Crippen LogP contribution is -2.29. The minimum atomic E-state index is 0.740. The topological polar surface area (TPSA) is 73.0 Å². The molecule has 0 unspecified atom stereocenters. The lowest BCUT2D eigenvalue weighted by Gasteiger charge is -2.28. The normalized spacial score (nSPS) is 16.1. The molecular formula is C28H31N7. The average molecular weight is 466 g/mol. The van der Waals surface area contributed by atoms with Gasteiger partial charge in [-0.15, -0.1) is 0 Å². The number of pyridine rings is 2. The van der Waals surface area contributed by atoms with Gasteiger partial charge in [0.1, 0.15) is 11.5 Å². The quantitative estimate of drug-likeness (QED) is 0.381. The van der Waals surface area contributed by atoms with Crippen LogP contribution in [0.3, 0.4) is 0 Å². The maximum absolute atomic E-state index is 4.64. The Morgan fingerprint density at radius 1 is 0.829 bits per heavy atom. The highest BCUT2D eigenvalue weighted by molar-refractivity contribution is 5.95. The Hall–Kier alpha value is -3.87. The number of H-pyrrole nitrogens is 1. The maximum atomic E-state index is 4.64. The van der Waals surface area contributed by atoms with Crippen LogP contribution in [0, 0.1) is 0 Å². The van der Waals surface area contributed by atoms with Crippen molar-refractivity contribution in [3.63, 3.8) is 0 Å². The summed E-state index contributed by atoms with van der Waals surface area (Å²) >= 11 is 0. The van der Waals surface area contributed by atoms with Gasteiger partial charge in [-0.3, -0.25) is 10.1 Å². The Bertz CT molecular complexity index is 1330. The molecule has 2 aliphatic rings. The van der Waals surface area contributed by atoms with Crippen molar-refractivity contribution in [2.45, 2.75) is 32.1 Å². The Kier molecular flexibility index (Phi) is 5.82. The van der Waals surface area contributed by atoms with E-state index in [1.54, 1.807) is 0 Å². The van der Waals surface area contributed by atoms with Crippen molar-refractivity contribution in [2.24, 2.45) is 0 Å². The fourth-order valence-electron chi connectivity index (χ4n) is 5.16. The van der Waals surface area contributed by atoms with Crippen LogP contribution in [0.4, 0.5) is 17.2 Å². The summed E-state index contributed by atoms with van der Waals surface area (Å²) in [6.07, 6.45) is 12.1. The summed E-state index contributed by atoms with van der Waals surface area (Å²) in [5.74, 6) is 1.04. The van der Waals surface area contributed by atoms with E-state index in [0.717, 1.165) is 71.1 Å². The number of rotatable bonds is 6. The van der Waals surface area contributed by atoms with Crippen LogP contribution in [0.25, 0.3) is 27.7 Å². The van der Waals surface area contributed by atoms with E-state index in [1.165, 1.54) is 37.8 Å². The van der Waals surface area contributed by atoms with Crippen LogP contribution in [-0.2, 0) is 0 Å². The van der Waals surface area contributed by atoms with Gasteiger partial charge < -0.3 is 15.1 Å². The first-order valence-electron chi connectivity index (χ1n) is 12.6. The first-order chi connectivity index (χ1) is 17.2. The smallest absolute Gasteiger partial charge is 0.128 e. The predicted molar refractivity (Wildman–Crippen MR) is 144 cm³/mol. The SMILES string of the molecule is C=C(Nc1ccc(N2CCCC2)nc1)c1n[nH]c2ccc(-c3cncc(N4CCCCC4)c3)cc12. The van der Waals surface area contributed by atoms with Crippen LogP contribution in [0.15, 0.2) is 61.6 Å². The number of anilines is 3. The minimum absolute atomic E-state index is 0.740. The first-order valence-corrected chi connectivity index (χ1v) is 12.6. The minimum Gasteiger partial charge on any atom is -0.370 e. The fourth-order valence-corrected chi connectivity index (χ4v) is 5.16. The highest BCUT2D eigenvalue weighted by Gasteiger charge is 2.15. The maximum Gasteiger partial charge on any atom is 0.128 e. The van der Waals surface area contributed by atoms with Gasteiger partial charge in [0, 0.05) is 43.3 Å². The predicted octanol–water partition coefficient (Wildman–Crippen LogP) is 5.69. The molecule has 1 aromatic carbocycles. The van der Waals surface area contributed by atoms with Crippen molar-refractivity contribution in [3.8, 4) is 11.1 Å². The van der Waals surface area contributed by atoms with Gasteiger partial charge in [-0.1, -0.05) is 12.6 Å². The van der Waals surface area contributed by atoms with Crippen molar-refractivity contribution in [1.29, 1.82) is 0 Å². The van der Waals surface area contributed by atoms with Crippen LogP contribution in [0.2, 0.25) is 0 Å². The molecule has 35 heavy (non-hydrogen) atoms. The van der Waals surface area contributed by atoms with Gasteiger partial charge >= 0.3 is 0 Å². The molecule has 0 atom stereocenters. The second kappa shape index (κ2) is 9.41. The zero-order valence-electron chi connectivity index (χ0n) is 20.0. The Labute approximate surface area is 205 Å². The van der Waals surface area contributed by atoms with E-state index in [4.69, 9.17) is 0 Å². The molecule has 7 nitrogen and oxygen atoms in total. The third-order valence-electron chi connectivity index (χ3n) is 7.10. The summed E-state index contributed by atoms with van der Waals surface area (Å²) in [6, 6.07) is 12.8. The third-order valence-corrected chi connectivity index (χ3v) is 7.10. The van der Waals surface area contributed by atoms with Gasteiger partial charge in [-0.05, 0) is 68.0 Å². The van der Waals surface area contributed by atoms with Crippen LogP contribution >= 0.6 is 0 Å². The van der Waals surface area contributed by atoms with Gasteiger partial charge in [-0.25, -0.2) is 4.98 Å². The highest BCUT2D eigenvalue weighted by atomic mass is 15.2. The van der Waals surface area contributed by atoms with Crippen LogP contribution in [0.1, 0.15) is 37.8 Å². The van der Waals surface area contributed by atoms with E-state index >= 15 is 0 Å². The standard InChI is InChI=1S/C28H31N7/c1-20(31-23-8-10-27(30-18-23)35-13-5-6-14-35)28-25-16-21(7-9-26(25)32-33-28)22-15-24(19-29-17-22)34-11-3-2-4-12-34/h7-10,15-19,31H,1-6,11-14H2,(H,32,33). The van der Waals surface area contributed by atoms with Crippen molar-refractivity contribution < 1.29 is 0 Å². The molecule has 0 amide bonds. The Balaban J connectivity index is 1.23. The van der Waals surface area contributed by atoms with E-state index < -0.39 is 0 Å². The molecular weight excluding hydrogens is 434 g/mol. The summed E-state index contributed by atoms with van der Waals surface area (Å²) in [7, 11) is 0. The molecule has 6 rings (SSSR count). The van der Waals surface area contributed by atoms with E-state index in [1.807, 2.05) is 18.6 Å². The number of aromatic nitrogens is 4. The molecule has 2 N–H and O–H groups in total. The van der Waals surface area contributed by atoms with E-state index in [0.29, 0.717) is 0 Å².